The molecule has 0 aliphatic carbocycles. The molecule has 0 atom stereocenters. The summed E-state index contributed by atoms with van der Waals surface area (Å²) >= 11 is 0. The molecule has 0 radical (unpaired) electrons. The standard InChI is InChI=1S/C9H18N2O2/c1-12-7-8-13-6-5-11-9-3-2-4-10-9/h2-8H2,1H3,(H,10,11). The molecule has 4 heteroatoms. The first kappa shape index (κ1) is 10.5. The number of methoxy groups -OCH3 is 1. The van der Waals surface area contributed by atoms with Gasteiger partial charge in [0, 0.05) is 26.6 Å². The summed E-state index contributed by atoms with van der Waals surface area (Å²) in [6, 6.07) is 0. The number of nitrogens with zero attached hydrogens (tertiary/aromatic N) is 1. The van der Waals surface area contributed by atoms with Gasteiger partial charge in [0.05, 0.1) is 25.7 Å². The molecule has 0 unspecified atom stereocenters. The first-order valence-corrected chi connectivity index (χ1v) is 4.77. The minimum Gasteiger partial charge on any atom is -0.382 e. The molecule has 1 N–H and O–H groups in total. The molecule has 0 saturated heterocycles. The molecule has 1 rings (SSSR count). The Morgan fingerprint density at radius 1 is 1.38 bits per heavy atom. The predicted molar refractivity (Wildman–Crippen MR) is 52.2 cm³/mol. The fraction of sp³-hybridized carbons (Fsp3) is 0.889. The highest BCUT2D eigenvalue weighted by atomic mass is 16.5. The molecule has 1 aliphatic heterocycles. The number of nitrogens with one attached hydrogen (secondary N) is 1. The first-order chi connectivity index (χ1) is 6.43. The van der Waals surface area contributed by atoms with Crippen molar-refractivity contribution in [2.75, 3.05) is 40.0 Å². The van der Waals surface area contributed by atoms with Crippen LogP contribution in [-0.2, 0) is 9.47 Å². The van der Waals surface area contributed by atoms with Gasteiger partial charge in [-0.3, -0.25) is 4.99 Å². The van der Waals surface area contributed by atoms with Crippen LogP contribution in [0.4, 0.5) is 0 Å². The fourth-order valence-corrected chi connectivity index (χ4v) is 1.20. The molecule has 0 spiro atoms. The summed E-state index contributed by atoms with van der Waals surface area (Å²) in [5.74, 6) is 1.13. The zero-order valence-corrected chi connectivity index (χ0v) is 8.21. The summed E-state index contributed by atoms with van der Waals surface area (Å²) in [5, 5.41) is 3.24. The van der Waals surface area contributed by atoms with Gasteiger partial charge in [0.1, 0.15) is 0 Å². The van der Waals surface area contributed by atoms with E-state index < -0.39 is 0 Å². The number of rotatable bonds is 6. The minimum atomic E-state index is 0.668. The second-order valence-corrected chi connectivity index (χ2v) is 2.96. The van der Waals surface area contributed by atoms with Gasteiger partial charge in [-0.05, 0) is 6.42 Å². The third-order valence-electron chi connectivity index (χ3n) is 1.88. The van der Waals surface area contributed by atoms with Crippen LogP contribution < -0.4 is 5.32 Å². The lowest BCUT2D eigenvalue weighted by Gasteiger charge is -2.06. The average molecular weight is 186 g/mol. The van der Waals surface area contributed by atoms with Crippen LogP contribution in [0.1, 0.15) is 12.8 Å². The molecule has 4 nitrogen and oxygen atoms in total. The highest BCUT2D eigenvalue weighted by Gasteiger charge is 2.03. The highest BCUT2D eigenvalue weighted by Crippen LogP contribution is 2.00. The molecule has 1 heterocycles. The van der Waals surface area contributed by atoms with Crippen LogP contribution in [0.15, 0.2) is 4.99 Å². The molecule has 76 valence electrons. The Kier molecular flexibility index (Phi) is 5.52. The van der Waals surface area contributed by atoms with Crippen LogP contribution in [0.5, 0.6) is 0 Å². The molecule has 0 bridgehead atoms. The molecule has 13 heavy (non-hydrogen) atoms. The molecule has 0 aromatic carbocycles. The lowest BCUT2D eigenvalue weighted by atomic mass is 10.3. The van der Waals surface area contributed by atoms with Crippen molar-refractivity contribution in [3.63, 3.8) is 0 Å². The van der Waals surface area contributed by atoms with Gasteiger partial charge in [-0.2, -0.15) is 0 Å². The van der Waals surface area contributed by atoms with Crippen LogP contribution in [0, 0.1) is 0 Å². The van der Waals surface area contributed by atoms with Crippen LogP contribution in [-0.4, -0.2) is 45.9 Å². The smallest absolute Gasteiger partial charge is 0.0964 e. The number of amidine groups is 1. The second-order valence-electron chi connectivity index (χ2n) is 2.96. The van der Waals surface area contributed by atoms with Crippen molar-refractivity contribution in [1.29, 1.82) is 0 Å². The van der Waals surface area contributed by atoms with E-state index >= 15 is 0 Å². The number of ether oxygens (including phenoxy) is 2. The van der Waals surface area contributed by atoms with Crippen molar-refractivity contribution in [2.24, 2.45) is 4.99 Å². The Hall–Kier alpha value is -0.610. The molecule has 0 saturated carbocycles. The third kappa shape index (κ3) is 4.85. The Morgan fingerprint density at radius 3 is 3.00 bits per heavy atom. The predicted octanol–water partition coefficient (Wildman–Crippen LogP) is 0.431. The van der Waals surface area contributed by atoms with E-state index in [1.165, 1.54) is 6.42 Å². The maximum absolute atomic E-state index is 5.29. The van der Waals surface area contributed by atoms with Gasteiger partial charge in [-0.25, -0.2) is 0 Å². The molecular formula is C9H18N2O2. The highest BCUT2D eigenvalue weighted by molar-refractivity contribution is 5.83. The van der Waals surface area contributed by atoms with Gasteiger partial charge in [0.25, 0.3) is 0 Å². The summed E-state index contributed by atoms with van der Waals surface area (Å²) in [7, 11) is 1.68. The van der Waals surface area contributed by atoms with Gasteiger partial charge in [-0.1, -0.05) is 0 Å². The van der Waals surface area contributed by atoms with E-state index in [0.717, 1.165) is 32.0 Å². The topological polar surface area (TPSA) is 42.9 Å². The number of aliphatic imine (C=N–C) groups is 1. The molecular weight excluding hydrogens is 168 g/mol. The van der Waals surface area contributed by atoms with Crippen LogP contribution in [0.2, 0.25) is 0 Å². The Balaban J connectivity index is 1.83. The summed E-state index contributed by atoms with van der Waals surface area (Å²) in [5.41, 5.74) is 0. The van der Waals surface area contributed by atoms with E-state index in [1.54, 1.807) is 7.11 Å². The van der Waals surface area contributed by atoms with Crippen LogP contribution in [0.25, 0.3) is 0 Å². The van der Waals surface area contributed by atoms with Gasteiger partial charge in [0.15, 0.2) is 0 Å². The van der Waals surface area contributed by atoms with Gasteiger partial charge >= 0.3 is 0 Å². The van der Waals surface area contributed by atoms with E-state index in [4.69, 9.17) is 9.47 Å². The fourth-order valence-electron chi connectivity index (χ4n) is 1.20. The lowest BCUT2D eigenvalue weighted by Crippen LogP contribution is -2.26. The van der Waals surface area contributed by atoms with Gasteiger partial charge in [-0.15, -0.1) is 0 Å². The Bertz CT molecular complexity index is 160. The molecule has 0 fully saturated rings. The molecule has 1 aliphatic rings. The Morgan fingerprint density at radius 2 is 2.31 bits per heavy atom. The van der Waals surface area contributed by atoms with Gasteiger partial charge < -0.3 is 14.8 Å². The van der Waals surface area contributed by atoms with E-state index in [1.807, 2.05) is 0 Å². The van der Waals surface area contributed by atoms with Crippen molar-refractivity contribution < 1.29 is 9.47 Å². The van der Waals surface area contributed by atoms with Crippen molar-refractivity contribution in [1.82, 2.24) is 5.32 Å². The molecule has 0 amide bonds. The van der Waals surface area contributed by atoms with E-state index in [2.05, 4.69) is 10.3 Å². The summed E-state index contributed by atoms with van der Waals surface area (Å²) in [6.45, 7) is 3.89. The number of hydrogen-bond acceptors (Lipinski definition) is 4. The minimum absolute atomic E-state index is 0.668. The quantitative estimate of drug-likeness (QED) is 0.612. The van der Waals surface area contributed by atoms with Crippen molar-refractivity contribution >= 4 is 5.84 Å². The van der Waals surface area contributed by atoms with Crippen molar-refractivity contribution in [3.8, 4) is 0 Å². The average Bonchev–Trinajstić information content (AvgIpc) is 2.63. The summed E-state index contributed by atoms with van der Waals surface area (Å²) in [4.78, 5) is 4.29. The van der Waals surface area contributed by atoms with E-state index in [-0.39, 0.29) is 0 Å². The van der Waals surface area contributed by atoms with Crippen molar-refractivity contribution in [3.05, 3.63) is 0 Å². The Labute approximate surface area is 79.3 Å². The first-order valence-electron chi connectivity index (χ1n) is 4.77. The summed E-state index contributed by atoms with van der Waals surface area (Å²) in [6.07, 6.45) is 2.28. The van der Waals surface area contributed by atoms with Gasteiger partial charge in [0.2, 0.25) is 0 Å². The maximum Gasteiger partial charge on any atom is 0.0964 e. The SMILES string of the molecule is COCCOCCNC1=NCCC1. The maximum atomic E-state index is 5.29. The second kappa shape index (κ2) is 6.86. The van der Waals surface area contributed by atoms with E-state index in [9.17, 15) is 0 Å². The monoisotopic (exact) mass is 186 g/mol. The number of hydrogen-bond donors (Lipinski definition) is 1. The molecule has 0 aromatic rings. The summed E-state index contributed by atoms with van der Waals surface area (Å²) < 4.78 is 10.1. The van der Waals surface area contributed by atoms with Crippen LogP contribution >= 0.6 is 0 Å². The van der Waals surface area contributed by atoms with Crippen LogP contribution in [0.3, 0.4) is 0 Å². The normalized spacial score (nSPS) is 15.9. The largest absolute Gasteiger partial charge is 0.382 e. The lowest BCUT2D eigenvalue weighted by molar-refractivity contribution is 0.0734. The molecule has 0 aromatic heterocycles. The van der Waals surface area contributed by atoms with E-state index in [0.29, 0.717) is 13.2 Å². The third-order valence-corrected chi connectivity index (χ3v) is 1.88. The zero-order valence-electron chi connectivity index (χ0n) is 8.21. The van der Waals surface area contributed by atoms with Crippen molar-refractivity contribution in [2.45, 2.75) is 12.8 Å². The zero-order chi connectivity index (χ0) is 9.36.